The summed E-state index contributed by atoms with van der Waals surface area (Å²) in [5, 5.41) is 0. The number of halogens is 1. The van der Waals surface area contributed by atoms with E-state index in [4.69, 9.17) is 15.2 Å². The predicted molar refractivity (Wildman–Crippen MR) is 80.6 cm³/mol. The van der Waals surface area contributed by atoms with E-state index in [1.54, 1.807) is 7.11 Å². The van der Waals surface area contributed by atoms with Gasteiger partial charge < -0.3 is 15.2 Å². The van der Waals surface area contributed by atoms with E-state index in [1.165, 1.54) is 0 Å². The first-order chi connectivity index (χ1) is 9.10. The quantitative estimate of drug-likeness (QED) is 0.868. The van der Waals surface area contributed by atoms with Gasteiger partial charge in [0.15, 0.2) is 0 Å². The number of aryl methyl sites for hydroxylation is 1. The van der Waals surface area contributed by atoms with Gasteiger partial charge in [0.05, 0.1) is 7.11 Å². The minimum absolute atomic E-state index is 0.460. The maximum atomic E-state index is 5.82. The molecule has 2 aromatic rings. The first kappa shape index (κ1) is 13.7. The third kappa shape index (κ3) is 3.41. The van der Waals surface area contributed by atoms with Crippen LogP contribution in [0.15, 0.2) is 40.9 Å². The molecule has 0 aliphatic heterocycles. The van der Waals surface area contributed by atoms with Crippen LogP contribution < -0.4 is 15.2 Å². The standard InChI is InChI=1S/C15H16BrNO2/c1-10-3-4-12(17)8-15(10)19-9-11-7-13(18-2)5-6-14(11)16/h3-8H,9,17H2,1-2H3. The van der Waals surface area contributed by atoms with Crippen LogP contribution in [-0.2, 0) is 6.61 Å². The number of nitrogen functional groups attached to an aromatic ring is 1. The van der Waals surface area contributed by atoms with Crippen molar-refractivity contribution in [2.75, 3.05) is 12.8 Å². The number of ether oxygens (including phenoxy) is 2. The summed E-state index contributed by atoms with van der Waals surface area (Å²) in [6, 6.07) is 11.5. The Labute approximate surface area is 121 Å². The smallest absolute Gasteiger partial charge is 0.124 e. The summed E-state index contributed by atoms with van der Waals surface area (Å²) in [5.74, 6) is 1.61. The predicted octanol–water partition coefficient (Wildman–Crippen LogP) is 3.93. The van der Waals surface area contributed by atoms with Gasteiger partial charge in [-0.2, -0.15) is 0 Å². The summed E-state index contributed by atoms with van der Waals surface area (Å²) in [5.41, 5.74) is 8.55. The van der Waals surface area contributed by atoms with Crippen molar-refractivity contribution in [3.8, 4) is 11.5 Å². The van der Waals surface area contributed by atoms with Crippen LogP contribution >= 0.6 is 15.9 Å². The molecule has 0 atom stereocenters. The molecule has 4 heteroatoms. The normalized spacial score (nSPS) is 10.3. The van der Waals surface area contributed by atoms with Gasteiger partial charge in [0.2, 0.25) is 0 Å². The summed E-state index contributed by atoms with van der Waals surface area (Å²) >= 11 is 3.51. The fraction of sp³-hybridized carbons (Fsp3) is 0.200. The van der Waals surface area contributed by atoms with Gasteiger partial charge in [-0.15, -0.1) is 0 Å². The molecule has 0 amide bonds. The fourth-order valence-electron chi connectivity index (χ4n) is 1.72. The summed E-state index contributed by atoms with van der Waals surface area (Å²) in [7, 11) is 1.65. The number of hydrogen-bond acceptors (Lipinski definition) is 3. The highest BCUT2D eigenvalue weighted by Gasteiger charge is 2.05. The highest BCUT2D eigenvalue weighted by molar-refractivity contribution is 9.10. The monoisotopic (exact) mass is 321 g/mol. The van der Waals surface area contributed by atoms with Gasteiger partial charge in [-0.3, -0.25) is 0 Å². The van der Waals surface area contributed by atoms with Crippen LogP contribution in [0, 0.1) is 6.92 Å². The molecule has 0 bridgehead atoms. The van der Waals surface area contributed by atoms with Crippen LogP contribution in [-0.4, -0.2) is 7.11 Å². The van der Waals surface area contributed by atoms with Crippen LogP contribution in [0.1, 0.15) is 11.1 Å². The van der Waals surface area contributed by atoms with Crippen molar-refractivity contribution in [2.45, 2.75) is 13.5 Å². The van der Waals surface area contributed by atoms with E-state index in [-0.39, 0.29) is 0 Å². The zero-order valence-electron chi connectivity index (χ0n) is 10.9. The van der Waals surface area contributed by atoms with Crippen molar-refractivity contribution >= 4 is 21.6 Å². The molecular formula is C15H16BrNO2. The lowest BCUT2D eigenvalue weighted by atomic mass is 10.2. The van der Waals surface area contributed by atoms with Gasteiger partial charge in [-0.1, -0.05) is 22.0 Å². The fourth-order valence-corrected chi connectivity index (χ4v) is 2.08. The molecule has 0 radical (unpaired) electrons. The molecule has 2 aromatic carbocycles. The van der Waals surface area contributed by atoms with Crippen molar-refractivity contribution in [3.05, 3.63) is 52.0 Å². The second-order valence-corrected chi connectivity index (χ2v) is 5.13. The topological polar surface area (TPSA) is 44.5 Å². The van der Waals surface area contributed by atoms with Gasteiger partial charge in [-0.05, 0) is 36.8 Å². The second kappa shape index (κ2) is 5.97. The van der Waals surface area contributed by atoms with E-state index in [0.717, 1.165) is 27.1 Å². The Kier molecular flexibility index (Phi) is 4.32. The number of hydrogen-bond donors (Lipinski definition) is 1. The molecule has 0 saturated carbocycles. The van der Waals surface area contributed by atoms with Crippen molar-refractivity contribution in [3.63, 3.8) is 0 Å². The van der Waals surface area contributed by atoms with Crippen LogP contribution in [0.4, 0.5) is 5.69 Å². The molecular weight excluding hydrogens is 306 g/mol. The number of benzene rings is 2. The molecule has 0 unspecified atom stereocenters. The van der Waals surface area contributed by atoms with Crippen LogP contribution in [0.3, 0.4) is 0 Å². The third-order valence-electron chi connectivity index (χ3n) is 2.85. The Morgan fingerprint density at radius 3 is 2.68 bits per heavy atom. The molecule has 2 rings (SSSR count). The number of nitrogens with two attached hydrogens (primary N) is 1. The number of anilines is 1. The lowest BCUT2D eigenvalue weighted by Crippen LogP contribution is -1.99. The first-order valence-electron chi connectivity index (χ1n) is 5.91. The van der Waals surface area contributed by atoms with Crippen LogP contribution in [0.5, 0.6) is 11.5 Å². The lowest BCUT2D eigenvalue weighted by molar-refractivity contribution is 0.302. The zero-order chi connectivity index (χ0) is 13.8. The zero-order valence-corrected chi connectivity index (χ0v) is 12.5. The van der Waals surface area contributed by atoms with E-state index in [1.807, 2.05) is 43.3 Å². The highest BCUT2D eigenvalue weighted by Crippen LogP contribution is 2.26. The van der Waals surface area contributed by atoms with E-state index >= 15 is 0 Å². The molecule has 0 aliphatic carbocycles. The largest absolute Gasteiger partial charge is 0.497 e. The minimum atomic E-state index is 0.460. The van der Waals surface area contributed by atoms with E-state index in [9.17, 15) is 0 Å². The van der Waals surface area contributed by atoms with Crippen molar-refractivity contribution in [1.29, 1.82) is 0 Å². The molecule has 0 heterocycles. The van der Waals surface area contributed by atoms with E-state index in [2.05, 4.69) is 15.9 Å². The molecule has 0 fully saturated rings. The Hall–Kier alpha value is -1.68. The highest BCUT2D eigenvalue weighted by atomic mass is 79.9. The number of methoxy groups -OCH3 is 1. The van der Waals surface area contributed by atoms with Gasteiger partial charge >= 0.3 is 0 Å². The van der Waals surface area contributed by atoms with Crippen molar-refractivity contribution in [2.24, 2.45) is 0 Å². The Bertz CT molecular complexity index is 584. The summed E-state index contributed by atoms with van der Waals surface area (Å²) in [6.45, 7) is 2.46. The second-order valence-electron chi connectivity index (χ2n) is 4.27. The molecule has 0 aliphatic rings. The molecule has 0 saturated heterocycles. The van der Waals surface area contributed by atoms with Crippen LogP contribution in [0.25, 0.3) is 0 Å². The van der Waals surface area contributed by atoms with Gasteiger partial charge in [0.25, 0.3) is 0 Å². The van der Waals surface area contributed by atoms with Gasteiger partial charge in [-0.25, -0.2) is 0 Å². The maximum Gasteiger partial charge on any atom is 0.124 e. The van der Waals surface area contributed by atoms with Gasteiger partial charge in [0.1, 0.15) is 18.1 Å². The Balaban J connectivity index is 2.16. The third-order valence-corrected chi connectivity index (χ3v) is 3.62. The van der Waals surface area contributed by atoms with Crippen molar-refractivity contribution < 1.29 is 9.47 Å². The molecule has 19 heavy (non-hydrogen) atoms. The van der Waals surface area contributed by atoms with Crippen molar-refractivity contribution in [1.82, 2.24) is 0 Å². The average molecular weight is 322 g/mol. The summed E-state index contributed by atoms with van der Waals surface area (Å²) in [6.07, 6.45) is 0. The minimum Gasteiger partial charge on any atom is -0.497 e. The molecule has 3 nitrogen and oxygen atoms in total. The Morgan fingerprint density at radius 2 is 1.95 bits per heavy atom. The molecule has 0 aromatic heterocycles. The number of rotatable bonds is 4. The molecule has 100 valence electrons. The lowest BCUT2D eigenvalue weighted by Gasteiger charge is -2.12. The molecule has 0 spiro atoms. The van der Waals surface area contributed by atoms with E-state index < -0.39 is 0 Å². The van der Waals surface area contributed by atoms with E-state index in [0.29, 0.717) is 12.3 Å². The summed E-state index contributed by atoms with van der Waals surface area (Å²) in [4.78, 5) is 0. The Morgan fingerprint density at radius 1 is 1.16 bits per heavy atom. The average Bonchev–Trinajstić information content (AvgIpc) is 2.41. The molecule has 2 N–H and O–H groups in total. The summed E-state index contributed by atoms with van der Waals surface area (Å²) < 4.78 is 12.0. The first-order valence-corrected chi connectivity index (χ1v) is 6.71. The SMILES string of the molecule is COc1ccc(Br)c(COc2cc(N)ccc2C)c1. The van der Waals surface area contributed by atoms with Gasteiger partial charge in [0, 0.05) is 21.8 Å². The van der Waals surface area contributed by atoms with Crippen LogP contribution in [0.2, 0.25) is 0 Å². The maximum absolute atomic E-state index is 5.82.